The number of cyclic esters (lactones) is 1. The Morgan fingerprint density at radius 3 is 2.75 bits per heavy atom. The minimum Gasteiger partial charge on any atom is -0.465 e. The highest BCUT2D eigenvalue weighted by Crippen LogP contribution is 2.35. The van der Waals surface area contributed by atoms with Gasteiger partial charge in [-0.2, -0.15) is 0 Å². The smallest absolute Gasteiger partial charge is 0.319 e. The highest BCUT2D eigenvalue weighted by molar-refractivity contribution is 8.00. The first-order valence-electron chi connectivity index (χ1n) is 10.5. The number of allylic oxidation sites excluding steroid dienone is 1. The van der Waals surface area contributed by atoms with Gasteiger partial charge >= 0.3 is 5.97 Å². The van der Waals surface area contributed by atoms with E-state index in [2.05, 4.69) is 54.0 Å². The molecule has 2 aromatic carbocycles. The van der Waals surface area contributed by atoms with Crippen molar-refractivity contribution < 1.29 is 9.53 Å². The van der Waals surface area contributed by atoms with Crippen LogP contribution in [-0.4, -0.2) is 37.6 Å². The average molecular weight is 443 g/mol. The first-order chi connectivity index (χ1) is 15.6. The lowest BCUT2D eigenvalue weighted by Gasteiger charge is -2.12. The molecule has 0 radical (unpaired) electrons. The molecule has 0 aliphatic carbocycles. The number of fused-ring (bicyclic) bond motifs is 1. The Balaban J connectivity index is 1.65. The summed E-state index contributed by atoms with van der Waals surface area (Å²) in [5.74, 6) is 0.534. The number of carbonyl (C=O) groups is 1. The minimum atomic E-state index is -0.257. The Morgan fingerprint density at radius 1 is 1.19 bits per heavy atom. The van der Waals surface area contributed by atoms with E-state index in [1.54, 1.807) is 0 Å². The molecule has 7 heteroatoms. The molecule has 1 fully saturated rings. The molecular weight excluding hydrogens is 420 g/mol. The van der Waals surface area contributed by atoms with Crippen molar-refractivity contribution in [3.05, 3.63) is 72.8 Å². The lowest BCUT2D eigenvalue weighted by atomic mass is 10.0. The average Bonchev–Trinajstić information content (AvgIpc) is 3.40. The summed E-state index contributed by atoms with van der Waals surface area (Å²) >= 11 is 1.40. The van der Waals surface area contributed by atoms with E-state index in [0.29, 0.717) is 24.7 Å². The second kappa shape index (κ2) is 8.59. The number of carbonyl (C=O) groups excluding carboxylic acids is 1. The second-order valence-electron chi connectivity index (χ2n) is 7.71. The number of hydrogen-bond donors (Lipinski definition) is 0. The highest BCUT2D eigenvalue weighted by Gasteiger charge is 2.30. The number of thioether (sulfide) groups is 1. The van der Waals surface area contributed by atoms with E-state index in [1.165, 1.54) is 17.3 Å². The topological polar surface area (TPSA) is 69.9 Å². The normalized spacial score (nSPS) is 15.8. The van der Waals surface area contributed by atoms with Gasteiger partial charge in [-0.15, -0.1) is 16.8 Å². The molecule has 3 heterocycles. The number of benzene rings is 2. The Kier molecular flexibility index (Phi) is 5.49. The van der Waals surface area contributed by atoms with E-state index < -0.39 is 0 Å². The van der Waals surface area contributed by atoms with Crippen LogP contribution in [0.5, 0.6) is 0 Å². The molecular formula is C25H22N4O2S. The predicted octanol–water partition coefficient (Wildman–Crippen LogP) is 5.06. The van der Waals surface area contributed by atoms with Crippen LogP contribution in [0.15, 0.2) is 72.4 Å². The van der Waals surface area contributed by atoms with Gasteiger partial charge in [0, 0.05) is 29.5 Å². The summed E-state index contributed by atoms with van der Waals surface area (Å²) in [6.45, 7) is 6.96. The molecule has 0 amide bonds. The van der Waals surface area contributed by atoms with Gasteiger partial charge < -0.3 is 4.74 Å². The first kappa shape index (κ1) is 20.5. The zero-order valence-corrected chi connectivity index (χ0v) is 18.5. The van der Waals surface area contributed by atoms with Crippen molar-refractivity contribution in [3.63, 3.8) is 0 Å². The molecule has 0 N–H and O–H groups in total. The van der Waals surface area contributed by atoms with E-state index in [4.69, 9.17) is 9.72 Å². The number of aryl methyl sites for hydroxylation is 1. The summed E-state index contributed by atoms with van der Waals surface area (Å²) in [5.41, 5.74) is 4.96. The molecule has 0 spiro atoms. The third-order valence-corrected chi connectivity index (χ3v) is 6.69. The molecule has 1 atom stereocenters. The lowest BCUT2D eigenvalue weighted by molar-refractivity contribution is -0.137. The van der Waals surface area contributed by atoms with E-state index in [9.17, 15) is 4.79 Å². The molecule has 5 rings (SSSR count). The monoisotopic (exact) mass is 442 g/mol. The molecule has 1 aliphatic heterocycles. The van der Waals surface area contributed by atoms with Crippen molar-refractivity contribution in [1.82, 2.24) is 19.7 Å². The van der Waals surface area contributed by atoms with E-state index in [0.717, 1.165) is 33.5 Å². The highest BCUT2D eigenvalue weighted by atomic mass is 32.2. The Hall–Kier alpha value is -3.45. The maximum absolute atomic E-state index is 12.0. The fraction of sp³-hybridized carbons (Fsp3) is 0.200. The van der Waals surface area contributed by atoms with Crippen molar-refractivity contribution in [3.8, 4) is 22.6 Å². The summed E-state index contributed by atoms with van der Waals surface area (Å²) in [7, 11) is 0. The van der Waals surface area contributed by atoms with Gasteiger partial charge in [-0.25, -0.2) is 4.98 Å². The molecule has 0 unspecified atom stereocenters. The Labute approximate surface area is 190 Å². The molecule has 2 aromatic heterocycles. The third-order valence-electron chi connectivity index (χ3n) is 5.47. The van der Waals surface area contributed by atoms with Crippen LogP contribution in [0.3, 0.4) is 0 Å². The summed E-state index contributed by atoms with van der Waals surface area (Å²) in [5, 5.41) is 10.4. The van der Waals surface area contributed by atoms with E-state index in [1.807, 2.05) is 34.9 Å². The zero-order chi connectivity index (χ0) is 22.1. The van der Waals surface area contributed by atoms with Crippen molar-refractivity contribution in [2.45, 2.75) is 30.3 Å². The largest absolute Gasteiger partial charge is 0.465 e. The van der Waals surface area contributed by atoms with E-state index in [-0.39, 0.29) is 11.2 Å². The number of pyridine rings is 1. The Morgan fingerprint density at radius 2 is 2.00 bits per heavy atom. The molecule has 4 aromatic rings. The molecule has 0 bridgehead atoms. The van der Waals surface area contributed by atoms with Crippen LogP contribution >= 0.6 is 11.8 Å². The van der Waals surface area contributed by atoms with Gasteiger partial charge in [0.2, 0.25) is 0 Å². The second-order valence-corrected chi connectivity index (χ2v) is 8.88. The maximum Gasteiger partial charge on any atom is 0.319 e. The summed E-state index contributed by atoms with van der Waals surface area (Å²) in [6, 6.07) is 18.4. The van der Waals surface area contributed by atoms with Gasteiger partial charge in [-0.3, -0.25) is 9.36 Å². The fourth-order valence-electron chi connectivity index (χ4n) is 3.81. The van der Waals surface area contributed by atoms with Crippen molar-refractivity contribution in [2.75, 3.05) is 6.61 Å². The van der Waals surface area contributed by atoms with Gasteiger partial charge in [-0.1, -0.05) is 65.9 Å². The SMILES string of the molecule is C=CCn1c(S[C@H]2CCOC2=O)nnc1-c1cc(-c2ccc(C)cc2)nc2ccccc12. The quantitative estimate of drug-likeness (QED) is 0.307. The van der Waals surface area contributed by atoms with Crippen molar-refractivity contribution in [2.24, 2.45) is 0 Å². The predicted molar refractivity (Wildman–Crippen MR) is 126 cm³/mol. The molecule has 1 aliphatic rings. The van der Waals surface area contributed by atoms with Crippen LogP contribution in [0.1, 0.15) is 12.0 Å². The molecule has 32 heavy (non-hydrogen) atoms. The fourth-order valence-corrected chi connectivity index (χ4v) is 4.82. The standard InChI is InChI=1S/C25H22N4O2S/c1-3-13-29-23(27-28-25(29)32-22-12-14-31-24(22)30)19-15-21(17-10-8-16(2)9-11-17)26-20-7-5-4-6-18(19)20/h3-11,15,22H,1,12-14H2,2H3/t22-/m0/s1. The van der Waals surface area contributed by atoms with Crippen LogP contribution in [-0.2, 0) is 16.1 Å². The molecule has 0 saturated carbocycles. The van der Waals surface area contributed by atoms with Crippen LogP contribution in [0.25, 0.3) is 33.5 Å². The Bertz CT molecular complexity index is 1310. The summed E-state index contributed by atoms with van der Waals surface area (Å²) in [4.78, 5) is 16.9. The van der Waals surface area contributed by atoms with Gasteiger partial charge in [0.25, 0.3) is 0 Å². The number of nitrogens with zero attached hydrogens (tertiary/aromatic N) is 4. The molecule has 160 valence electrons. The van der Waals surface area contributed by atoms with Crippen LogP contribution in [0.4, 0.5) is 0 Å². The number of aromatic nitrogens is 4. The number of esters is 1. The zero-order valence-electron chi connectivity index (χ0n) is 17.7. The first-order valence-corrected chi connectivity index (χ1v) is 11.4. The lowest BCUT2D eigenvalue weighted by Crippen LogP contribution is -2.11. The number of para-hydroxylation sites is 1. The van der Waals surface area contributed by atoms with Gasteiger partial charge in [0.1, 0.15) is 5.25 Å². The van der Waals surface area contributed by atoms with Crippen molar-refractivity contribution in [1.29, 1.82) is 0 Å². The van der Waals surface area contributed by atoms with Gasteiger partial charge in [0.05, 0.1) is 17.8 Å². The summed E-state index contributed by atoms with van der Waals surface area (Å²) in [6.07, 6.45) is 2.49. The van der Waals surface area contributed by atoms with Crippen molar-refractivity contribution >= 4 is 28.6 Å². The van der Waals surface area contributed by atoms with Crippen LogP contribution in [0.2, 0.25) is 0 Å². The molecule has 6 nitrogen and oxygen atoms in total. The molecule has 1 saturated heterocycles. The van der Waals surface area contributed by atoms with Crippen LogP contribution < -0.4 is 0 Å². The van der Waals surface area contributed by atoms with Gasteiger partial charge in [-0.05, 0) is 19.1 Å². The van der Waals surface area contributed by atoms with Crippen LogP contribution in [0, 0.1) is 6.92 Å². The third kappa shape index (κ3) is 3.80. The number of hydrogen-bond acceptors (Lipinski definition) is 6. The maximum atomic E-state index is 12.0. The number of ether oxygens (including phenoxy) is 1. The summed E-state index contributed by atoms with van der Waals surface area (Å²) < 4.78 is 7.12. The van der Waals surface area contributed by atoms with E-state index >= 15 is 0 Å². The minimum absolute atomic E-state index is 0.194. The number of rotatable bonds is 6. The van der Waals surface area contributed by atoms with Gasteiger partial charge in [0.15, 0.2) is 11.0 Å².